The summed E-state index contributed by atoms with van der Waals surface area (Å²) in [5.74, 6) is -0.137. The van der Waals surface area contributed by atoms with Crippen molar-refractivity contribution in [3.05, 3.63) is 15.6 Å². The predicted octanol–water partition coefficient (Wildman–Crippen LogP) is 0.715. The smallest absolute Gasteiger partial charge is 0.227 e. The van der Waals surface area contributed by atoms with Gasteiger partial charge in [0.2, 0.25) is 11.8 Å². The lowest BCUT2D eigenvalue weighted by molar-refractivity contribution is -0.141. The molecule has 1 aromatic rings. The number of hydrogen-bond acceptors (Lipinski definition) is 6. The standard InChI is InChI=1S/C18H28N4O3S/c1-3-15-16(26-12(2)21-15)11-20-17(23)13-8-14(10-19-9-13)18(24)22-4-6-25-7-5-22/h13-14,19H,3-11H2,1-2H3,(H,20,23)/t13-,14+/m0/s1. The van der Waals surface area contributed by atoms with E-state index in [9.17, 15) is 9.59 Å². The Labute approximate surface area is 158 Å². The van der Waals surface area contributed by atoms with Gasteiger partial charge >= 0.3 is 0 Å². The molecule has 0 spiro atoms. The molecule has 2 fully saturated rings. The van der Waals surface area contributed by atoms with E-state index in [0.29, 0.717) is 52.4 Å². The molecule has 144 valence electrons. The summed E-state index contributed by atoms with van der Waals surface area (Å²) in [5.41, 5.74) is 1.06. The number of thiazole rings is 1. The quantitative estimate of drug-likeness (QED) is 0.786. The van der Waals surface area contributed by atoms with Crippen LogP contribution in [0, 0.1) is 18.8 Å². The molecule has 2 N–H and O–H groups in total. The maximum atomic E-state index is 12.7. The lowest BCUT2D eigenvalue weighted by atomic mass is 9.88. The maximum Gasteiger partial charge on any atom is 0.227 e. The fourth-order valence-electron chi connectivity index (χ4n) is 3.61. The molecular weight excluding hydrogens is 352 g/mol. The zero-order valence-corrected chi connectivity index (χ0v) is 16.4. The summed E-state index contributed by atoms with van der Waals surface area (Å²) < 4.78 is 5.31. The van der Waals surface area contributed by atoms with Gasteiger partial charge in [-0.3, -0.25) is 9.59 Å². The van der Waals surface area contributed by atoms with Gasteiger partial charge in [0.05, 0.1) is 42.3 Å². The second kappa shape index (κ2) is 8.92. The van der Waals surface area contributed by atoms with Crippen LogP contribution in [0.4, 0.5) is 0 Å². The average molecular weight is 381 g/mol. The van der Waals surface area contributed by atoms with E-state index < -0.39 is 0 Å². The van der Waals surface area contributed by atoms with Crippen LogP contribution in [0.3, 0.4) is 0 Å². The molecule has 0 unspecified atom stereocenters. The Morgan fingerprint density at radius 1 is 1.31 bits per heavy atom. The fraction of sp³-hybridized carbons (Fsp3) is 0.722. The summed E-state index contributed by atoms with van der Waals surface area (Å²) in [7, 11) is 0. The van der Waals surface area contributed by atoms with Crippen LogP contribution < -0.4 is 10.6 Å². The first-order chi connectivity index (χ1) is 12.6. The van der Waals surface area contributed by atoms with E-state index in [1.54, 1.807) is 11.3 Å². The normalized spacial score (nSPS) is 23.7. The van der Waals surface area contributed by atoms with Crippen molar-refractivity contribution in [1.82, 2.24) is 20.5 Å². The van der Waals surface area contributed by atoms with Gasteiger partial charge in [-0.2, -0.15) is 0 Å². The highest BCUT2D eigenvalue weighted by molar-refractivity contribution is 7.11. The number of nitrogens with one attached hydrogen (secondary N) is 2. The Morgan fingerprint density at radius 3 is 2.77 bits per heavy atom. The third kappa shape index (κ3) is 4.61. The Balaban J connectivity index is 1.53. The fourth-order valence-corrected chi connectivity index (χ4v) is 4.57. The van der Waals surface area contributed by atoms with Gasteiger partial charge in [0.15, 0.2) is 0 Å². The first-order valence-electron chi connectivity index (χ1n) is 9.38. The van der Waals surface area contributed by atoms with Crippen molar-refractivity contribution >= 4 is 23.2 Å². The number of hydrogen-bond donors (Lipinski definition) is 2. The van der Waals surface area contributed by atoms with Gasteiger partial charge < -0.3 is 20.3 Å². The van der Waals surface area contributed by atoms with Crippen molar-refractivity contribution in [2.45, 2.75) is 33.2 Å². The number of aromatic nitrogens is 1. The van der Waals surface area contributed by atoms with Crippen molar-refractivity contribution in [3.8, 4) is 0 Å². The minimum Gasteiger partial charge on any atom is -0.378 e. The summed E-state index contributed by atoms with van der Waals surface area (Å²) in [6, 6.07) is 0. The maximum absolute atomic E-state index is 12.7. The minimum atomic E-state index is -0.169. The number of amides is 2. The second-order valence-corrected chi connectivity index (χ2v) is 8.19. The van der Waals surface area contributed by atoms with Crippen molar-refractivity contribution in [1.29, 1.82) is 0 Å². The van der Waals surface area contributed by atoms with Crippen molar-refractivity contribution in [3.63, 3.8) is 0 Å². The Hall–Kier alpha value is -1.51. The topological polar surface area (TPSA) is 83.6 Å². The first-order valence-corrected chi connectivity index (χ1v) is 10.2. The highest BCUT2D eigenvalue weighted by Gasteiger charge is 2.33. The number of piperidine rings is 1. The van der Waals surface area contributed by atoms with Gasteiger partial charge in [-0.15, -0.1) is 11.3 Å². The summed E-state index contributed by atoms with van der Waals surface area (Å²) in [4.78, 5) is 32.8. The number of nitrogens with zero attached hydrogens (tertiary/aromatic N) is 2. The highest BCUT2D eigenvalue weighted by atomic mass is 32.1. The molecule has 0 radical (unpaired) electrons. The first kappa shape index (κ1) is 19.3. The van der Waals surface area contributed by atoms with Gasteiger partial charge in [0.1, 0.15) is 0 Å². The van der Waals surface area contributed by atoms with Crippen LogP contribution in [-0.4, -0.2) is 61.1 Å². The van der Waals surface area contributed by atoms with Gasteiger partial charge in [0, 0.05) is 31.1 Å². The Kier molecular flexibility index (Phi) is 6.61. The van der Waals surface area contributed by atoms with Crippen LogP contribution in [0.2, 0.25) is 0 Å². The number of morpholine rings is 1. The lowest BCUT2D eigenvalue weighted by Gasteiger charge is -2.34. The van der Waals surface area contributed by atoms with E-state index in [0.717, 1.165) is 22.0 Å². The summed E-state index contributed by atoms with van der Waals surface area (Å²) >= 11 is 1.64. The van der Waals surface area contributed by atoms with E-state index in [1.807, 2.05) is 11.8 Å². The van der Waals surface area contributed by atoms with Crippen LogP contribution in [0.25, 0.3) is 0 Å². The number of ether oxygens (including phenoxy) is 1. The predicted molar refractivity (Wildman–Crippen MR) is 99.9 cm³/mol. The summed E-state index contributed by atoms with van der Waals surface area (Å²) in [6.45, 7) is 8.36. The van der Waals surface area contributed by atoms with Crippen LogP contribution in [0.15, 0.2) is 0 Å². The SMILES string of the molecule is CCc1nc(C)sc1CNC(=O)[C@@H]1CNC[C@H](C(=O)N2CCOCC2)C1. The molecule has 3 heterocycles. The van der Waals surface area contributed by atoms with E-state index in [2.05, 4.69) is 22.5 Å². The Bertz CT molecular complexity index is 642. The largest absolute Gasteiger partial charge is 0.378 e. The minimum absolute atomic E-state index is 0.0186. The van der Waals surface area contributed by atoms with Crippen LogP contribution in [-0.2, 0) is 27.3 Å². The van der Waals surface area contributed by atoms with Gasteiger partial charge in [0.25, 0.3) is 0 Å². The molecule has 0 bridgehead atoms. The second-order valence-electron chi connectivity index (χ2n) is 6.90. The molecule has 0 saturated carbocycles. The number of rotatable bonds is 5. The molecule has 8 heteroatoms. The van der Waals surface area contributed by atoms with Crippen LogP contribution in [0.5, 0.6) is 0 Å². The molecule has 2 aliphatic rings. The Morgan fingerprint density at radius 2 is 2.04 bits per heavy atom. The molecule has 3 rings (SSSR count). The number of carbonyl (C=O) groups excluding carboxylic acids is 2. The van der Waals surface area contributed by atoms with Crippen molar-refractivity contribution in [2.24, 2.45) is 11.8 Å². The molecule has 1 aromatic heterocycles. The third-order valence-electron chi connectivity index (χ3n) is 5.04. The van der Waals surface area contributed by atoms with Crippen LogP contribution >= 0.6 is 11.3 Å². The van der Waals surface area contributed by atoms with Crippen molar-refractivity contribution < 1.29 is 14.3 Å². The van der Waals surface area contributed by atoms with Gasteiger partial charge in [-0.1, -0.05) is 6.92 Å². The zero-order valence-electron chi connectivity index (χ0n) is 15.5. The van der Waals surface area contributed by atoms with E-state index in [-0.39, 0.29) is 23.7 Å². The summed E-state index contributed by atoms with van der Waals surface area (Å²) in [6.07, 6.45) is 1.48. The van der Waals surface area contributed by atoms with E-state index >= 15 is 0 Å². The molecule has 2 amide bonds. The van der Waals surface area contributed by atoms with E-state index in [4.69, 9.17) is 4.74 Å². The molecule has 2 saturated heterocycles. The van der Waals surface area contributed by atoms with Gasteiger partial charge in [-0.05, 0) is 19.8 Å². The average Bonchev–Trinajstić information content (AvgIpc) is 3.06. The molecule has 2 atom stereocenters. The van der Waals surface area contributed by atoms with Crippen molar-refractivity contribution in [2.75, 3.05) is 39.4 Å². The molecule has 7 nitrogen and oxygen atoms in total. The zero-order chi connectivity index (χ0) is 18.5. The molecule has 26 heavy (non-hydrogen) atoms. The molecular formula is C18H28N4O3S. The molecule has 0 aliphatic carbocycles. The highest BCUT2D eigenvalue weighted by Crippen LogP contribution is 2.21. The molecule has 0 aromatic carbocycles. The summed E-state index contributed by atoms with van der Waals surface area (Å²) in [5, 5.41) is 7.33. The third-order valence-corrected chi connectivity index (χ3v) is 6.05. The van der Waals surface area contributed by atoms with E-state index in [1.165, 1.54) is 0 Å². The van der Waals surface area contributed by atoms with Gasteiger partial charge in [-0.25, -0.2) is 4.98 Å². The monoisotopic (exact) mass is 380 g/mol. The number of carbonyl (C=O) groups is 2. The lowest BCUT2D eigenvalue weighted by Crippen LogP contribution is -2.51. The number of aryl methyl sites for hydroxylation is 2. The van der Waals surface area contributed by atoms with Crippen LogP contribution in [0.1, 0.15) is 28.9 Å². The molecule has 2 aliphatic heterocycles.